The van der Waals surface area contributed by atoms with Crippen LogP contribution in [0, 0.1) is 6.92 Å². The van der Waals surface area contributed by atoms with Gasteiger partial charge in [-0.2, -0.15) is 0 Å². The second kappa shape index (κ2) is 5.90. The summed E-state index contributed by atoms with van der Waals surface area (Å²) in [6, 6.07) is 3.61. The molecule has 1 heterocycles. The van der Waals surface area contributed by atoms with Crippen LogP contribution in [0.2, 0.25) is 0 Å². The van der Waals surface area contributed by atoms with E-state index in [0.29, 0.717) is 12.1 Å². The van der Waals surface area contributed by atoms with E-state index in [1.165, 1.54) is 16.8 Å². The molecule has 0 saturated heterocycles. The zero-order chi connectivity index (χ0) is 15.7. The first kappa shape index (κ1) is 15.6. The van der Waals surface area contributed by atoms with Crippen LogP contribution in [0.5, 0.6) is 0 Å². The van der Waals surface area contributed by atoms with Crippen LogP contribution in [0.15, 0.2) is 12.1 Å². The predicted octanol–water partition coefficient (Wildman–Crippen LogP) is 3.29. The van der Waals surface area contributed by atoms with Gasteiger partial charge in [-0.1, -0.05) is 13.8 Å². The number of hydrogen-bond acceptors (Lipinski definition) is 2. The van der Waals surface area contributed by atoms with E-state index in [1.807, 2.05) is 6.07 Å². The maximum absolute atomic E-state index is 11.4. The quantitative estimate of drug-likeness (QED) is 0.887. The lowest BCUT2D eigenvalue weighted by Gasteiger charge is -2.13. The number of benzene rings is 1. The van der Waals surface area contributed by atoms with E-state index in [4.69, 9.17) is 5.73 Å². The summed E-state index contributed by atoms with van der Waals surface area (Å²) in [6.07, 6.45) is 0.774. The lowest BCUT2D eigenvalue weighted by Crippen LogP contribution is -2.04. The summed E-state index contributed by atoms with van der Waals surface area (Å²) in [5.41, 5.74) is 10.7. The first-order chi connectivity index (χ1) is 9.92. The van der Waals surface area contributed by atoms with E-state index in [2.05, 4.69) is 32.3 Å². The summed E-state index contributed by atoms with van der Waals surface area (Å²) < 4.78 is 2.28. The predicted molar refractivity (Wildman–Crippen MR) is 86.2 cm³/mol. The summed E-state index contributed by atoms with van der Waals surface area (Å²) in [5.74, 6) is -0.600. The zero-order valence-corrected chi connectivity index (χ0v) is 13.2. The van der Waals surface area contributed by atoms with Gasteiger partial charge in [0.15, 0.2) is 0 Å². The standard InChI is InChI=1S/C17H24N2O2/c1-5-19-11(4)13(6-7-18)15-9-12(17(20)21)8-14(10(2)3)16(15)19/h8-10H,5-7,18H2,1-4H3,(H,20,21). The van der Waals surface area contributed by atoms with E-state index < -0.39 is 5.97 Å². The van der Waals surface area contributed by atoms with E-state index >= 15 is 0 Å². The Hall–Kier alpha value is -1.81. The number of fused-ring (bicyclic) bond motifs is 1. The van der Waals surface area contributed by atoms with Crippen LogP contribution in [0.4, 0.5) is 0 Å². The third-order valence-electron chi connectivity index (χ3n) is 4.16. The Morgan fingerprint density at radius 2 is 2.05 bits per heavy atom. The van der Waals surface area contributed by atoms with Gasteiger partial charge in [0.2, 0.25) is 0 Å². The molecule has 2 rings (SSSR count). The second-order valence-corrected chi connectivity index (χ2v) is 5.77. The minimum absolute atomic E-state index is 0.275. The number of rotatable bonds is 5. The average molecular weight is 288 g/mol. The molecule has 0 atom stereocenters. The Kier molecular flexibility index (Phi) is 4.37. The minimum atomic E-state index is -0.876. The summed E-state index contributed by atoms with van der Waals surface area (Å²) in [5, 5.41) is 10.4. The van der Waals surface area contributed by atoms with E-state index in [-0.39, 0.29) is 5.92 Å². The highest BCUT2D eigenvalue weighted by atomic mass is 16.4. The molecule has 0 aliphatic rings. The molecule has 0 aliphatic carbocycles. The molecule has 0 aliphatic heterocycles. The van der Waals surface area contributed by atoms with Gasteiger partial charge < -0.3 is 15.4 Å². The fourth-order valence-electron chi connectivity index (χ4n) is 3.13. The topological polar surface area (TPSA) is 68.2 Å². The van der Waals surface area contributed by atoms with Crippen LogP contribution in [0.25, 0.3) is 10.9 Å². The van der Waals surface area contributed by atoms with Crippen molar-refractivity contribution >= 4 is 16.9 Å². The molecule has 0 saturated carbocycles. The minimum Gasteiger partial charge on any atom is -0.478 e. The van der Waals surface area contributed by atoms with Crippen molar-refractivity contribution in [3.05, 3.63) is 34.5 Å². The van der Waals surface area contributed by atoms with Gasteiger partial charge in [-0.15, -0.1) is 0 Å². The average Bonchev–Trinajstić information content (AvgIpc) is 2.70. The normalized spacial score (nSPS) is 11.5. The Balaban J connectivity index is 2.92. The van der Waals surface area contributed by atoms with E-state index in [1.54, 1.807) is 6.07 Å². The third-order valence-corrected chi connectivity index (χ3v) is 4.16. The molecule has 21 heavy (non-hydrogen) atoms. The van der Waals surface area contributed by atoms with Gasteiger partial charge in [0.25, 0.3) is 0 Å². The number of hydrogen-bond donors (Lipinski definition) is 2. The molecule has 0 fully saturated rings. The smallest absolute Gasteiger partial charge is 0.335 e. The molecule has 2 aromatic rings. The van der Waals surface area contributed by atoms with E-state index in [9.17, 15) is 9.90 Å². The molecular weight excluding hydrogens is 264 g/mol. The largest absolute Gasteiger partial charge is 0.478 e. The molecule has 1 aromatic carbocycles. The van der Waals surface area contributed by atoms with Crippen molar-refractivity contribution in [2.24, 2.45) is 5.73 Å². The van der Waals surface area contributed by atoms with Crippen LogP contribution >= 0.6 is 0 Å². The number of carbonyl (C=O) groups is 1. The van der Waals surface area contributed by atoms with Crippen LogP contribution in [0.1, 0.15) is 53.9 Å². The van der Waals surface area contributed by atoms with Crippen LogP contribution in [0.3, 0.4) is 0 Å². The molecule has 4 nitrogen and oxygen atoms in total. The van der Waals surface area contributed by atoms with Crippen molar-refractivity contribution < 1.29 is 9.90 Å². The van der Waals surface area contributed by atoms with Gasteiger partial charge in [-0.3, -0.25) is 0 Å². The highest BCUT2D eigenvalue weighted by Crippen LogP contribution is 2.33. The van der Waals surface area contributed by atoms with Crippen LogP contribution in [-0.4, -0.2) is 22.2 Å². The Labute approximate surface area is 125 Å². The number of nitrogens with two attached hydrogens (primary N) is 1. The molecule has 114 valence electrons. The SMILES string of the molecule is CCn1c(C)c(CCN)c2cc(C(=O)O)cc(C(C)C)c21. The molecule has 0 amide bonds. The lowest BCUT2D eigenvalue weighted by molar-refractivity contribution is 0.0697. The summed E-state index contributed by atoms with van der Waals surface area (Å²) >= 11 is 0. The molecule has 3 N–H and O–H groups in total. The van der Waals surface area contributed by atoms with Crippen molar-refractivity contribution in [1.82, 2.24) is 4.57 Å². The molecule has 0 unspecified atom stereocenters. The van der Waals surface area contributed by atoms with Gasteiger partial charge in [0, 0.05) is 17.6 Å². The first-order valence-electron chi connectivity index (χ1n) is 7.51. The maximum atomic E-state index is 11.4. The van der Waals surface area contributed by atoms with Gasteiger partial charge in [0.05, 0.1) is 11.1 Å². The lowest BCUT2D eigenvalue weighted by atomic mass is 9.95. The zero-order valence-electron chi connectivity index (χ0n) is 13.2. The number of aryl methyl sites for hydroxylation is 1. The van der Waals surface area contributed by atoms with Crippen molar-refractivity contribution in [3.8, 4) is 0 Å². The van der Waals surface area contributed by atoms with Gasteiger partial charge >= 0.3 is 5.97 Å². The molecule has 4 heteroatoms. The van der Waals surface area contributed by atoms with Crippen molar-refractivity contribution in [3.63, 3.8) is 0 Å². The maximum Gasteiger partial charge on any atom is 0.335 e. The summed E-state index contributed by atoms with van der Waals surface area (Å²) in [7, 11) is 0. The van der Waals surface area contributed by atoms with Crippen molar-refractivity contribution in [2.45, 2.75) is 46.6 Å². The van der Waals surface area contributed by atoms with Crippen molar-refractivity contribution in [1.29, 1.82) is 0 Å². The second-order valence-electron chi connectivity index (χ2n) is 5.77. The fourth-order valence-corrected chi connectivity index (χ4v) is 3.13. The molecule has 0 bridgehead atoms. The van der Waals surface area contributed by atoms with Crippen LogP contribution in [-0.2, 0) is 13.0 Å². The molecule has 0 radical (unpaired) electrons. The van der Waals surface area contributed by atoms with Crippen molar-refractivity contribution in [2.75, 3.05) is 6.54 Å². The molecule has 1 aromatic heterocycles. The van der Waals surface area contributed by atoms with Crippen LogP contribution < -0.4 is 5.73 Å². The highest BCUT2D eigenvalue weighted by Gasteiger charge is 2.20. The van der Waals surface area contributed by atoms with E-state index in [0.717, 1.165) is 23.9 Å². The number of aromatic nitrogens is 1. The number of carboxylic acid groups (broad SMARTS) is 1. The Morgan fingerprint density at radius 3 is 2.52 bits per heavy atom. The first-order valence-corrected chi connectivity index (χ1v) is 7.51. The number of carboxylic acids is 1. The third kappa shape index (κ3) is 2.56. The van der Waals surface area contributed by atoms with Gasteiger partial charge in [-0.25, -0.2) is 4.79 Å². The fraction of sp³-hybridized carbons (Fsp3) is 0.471. The monoisotopic (exact) mass is 288 g/mol. The molecule has 0 spiro atoms. The summed E-state index contributed by atoms with van der Waals surface area (Å²) in [4.78, 5) is 11.4. The Bertz CT molecular complexity index is 684. The number of aromatic carboxylic acids is 1. The highest BCUT2D eigenvalue weighted by molar-refractivity contribution is 5.97. The summed E-state index contributed by atoms with van der Waals surface area (Å²) in [6.45, 7) is 9.86. The molecular formula is C17H24N2O2. The van der Waals surface area contributed by atoms with Gasteiger partial charge in [-0.05, 0) is 56.0 Å². The van der Waals surface area contributed by atoms with Gasteiger partial charge in [0.1, 0.15) is 0 Å². The Morgan fingerprint density at radius 1 is 1.38 bits per heavy atom. The number of nitrogens with zero attached hydrogens (tertiary/aromatic N) is 1.